The van der Waals surface area contributed by atoms with Gasteiger partial charge in [-0.1, -0.05) is 47.5 Å². The van der Waals surface area contributed by atoms with E-state index >= 15 is 0 Å². The first-order chi connectivity index (χ1) is 8.56. The Bertz CT molecular complexity index is 577. The second-order valence-corrected chi connectivity index (χ2v) is 4.74. The molecule has 0 saturated heterocycles. The first-order valence-electron chi connectivity index (χ1n) is 5.32. The van der Waals surface area contributed by atoms with Crippen LogP contribution in [0.15, 0.2) is 42.5 Å². The molecule has 0 saturated carbocycles. The summed E-state index contributed by atoms with van der Waals surface area (Å²) in [5.41, 5.74) is 2.50. The van der Waals surface area contributed by atoms with Gasteiger partial charge in [0.25, 0.3) is 0 Å². The molecule has 2 aromatic rings. The molecule has 92 valence electrons. The molecule has 2 aromatic carbocycles. The highest BCUT2D eigenvalue weighted by atomic mass is 35.5. The van der Waals surface area contributed by atoms with Crippen molar-refractivity contribution < 1.29 is 9.90 Å². The van der Waals surface area contributed by atoms with Gasteiger partial charge in [-0.2, -0.15) is 0 Å². The van der Waals surface area contributed by atoms with Gasteiger partial charge in [0.15, 0.2) is 0 Å². The van der Waals surface area contributed by atoms with E-state index in [-0.39, 0.29) is 6.42 Å². The van der Waals surface area contributed by atoms with Crippen molar-refractivity contribution in [3.05, 3.63) is 58.1 Å². The van der Waals surface area contributed by atoms with E-state index in [4.69, 9.17) is 28.3 Å². The van der Waals surface area contributed by atoms with E-state index in [1.54, 1.807) is 24.3 Å². The summed E-state index contributed by atoms with van der Waals surface area (Å²) in [6, 6.07) is 12.6. The molecule has 0 aliphatic heterocycles. The fourth-order valence-electron chi connectivity index (χ4n) is 1.71. The SMILES string of the molecule is O=C(O)Cc1ccc(-c2ccc(Cl)cc2)c(Cl)c1. The molecule has 0 heterocycles. The van der Waals surface area contributed by atoms with Gasteiger partial charge in [0.05, 0.1) is 6.42 Å². The highest BCUT2D eigenvalue weighted by molar-refractivity contribution is 6.33. The van der Waals surface area contributed by atoms with Crippen LogP contribution >= 0.6 is 23.2 Å². The summed E-state index contributed by atoms with van der Waals surface area (Å²) in [6.07, 6.45) is -0.0272. The average molecular weight is 281 g/mol. The molecule has 0 spiro atoms. The Balaban J connectivity index is 2.35. The van der Waals surface area contributed by atoms with E-state index in [1.165, 1.54) is 0 Å². The number of halogens is 2. The van der Waals surface area contributed by atoms with Gasteiger partial charge in [-0.25, -0.2) is 0 Å². The number of hydrogen-bond acceptors (Lipinski definition) is 1. The number of carboxylic acids is 1. The lowest BCUT2D eigenvalue weighted by molar-refractivity contribution is -0.136. The predicted molar refractivity (Wildman–Crippen MR) is 73.2 cm³/mol. The molecule has 4 heteroatoms. The summed E-state index contributed by atoms with van der Waals surface area (Å²) in [4.78, 5) is 10.6. The van der Waals surface area contributed by atoms with Crippen LogP contribution in [-0.2, 0) is 11.2 Å². The average Bonchev–Trinajstić information content (AvgIpc) is 2.30. The molecule has 0 fully saturated rings. The van der Waals surface area contributed by atoms with Crippen molar-refractivity contribution in [2.75, 3.05) is 0 Å². The van der Waals surface area contributed by atoms with Crippen LogP contribution in [0.2, 0.25) is 10.0 Å². The molecule has 0 unspecified atom stereocenters. The largest absolute Gasteiger partial charge is 0.481 e. The maximum atomic E-state index is 10.6. The third kappa shape index (κ3) is 3.03. The first-order valence-corrected chi connectivity index (χ1v) is 6.08. The molecule has 0 bridgehead atoms. The highest BCUT2D eigenvalue weighted by Gasteiger charge is 2.06. The second-order valence-electron chi connectivity index (χ2n) is 3.89. The molecule has 0 atom stereocenters. The molecule has 0 amide bonds. The Morgan fingerprint density at radius 3 is 2.28 bits per heavy atom. The van der Waals surface area contributed by atoms with Crippen LogP contribution in [0, 0.1) is 0 Å². The van der Waals surface area contributed by atoms with E-state index in [9.17, 15) is 4.79 Å². The van der Waals surface area contributed by atoms with E-state index in [2.05, 4.69) is 0 Å². The molecule has 0 radical (unpaired) electrons. The topological polar surface area (TPSA) is 37.3 Å². The molecule has 0 aliphatic carbocycles. The van der Waals surface area contributed by atoms with Gasteiger partial charge in [0.1, 0.15) is 0 Å². The maximum Gasteiger partial charge on any atom is 0.307 e. The second kappa shape index (κ2) is 5.42. The number of rotatable bonds is 3. The van der Waals surface area contributed by atoms with Gasteiger partial charge >= 0.3 is 5.97 Å². The minimum absolute atomic E-state index is 0.0272. The molecule has 1 N–H and O–H groups in total. The lowest BCUT2D eigenvalue weighted by Crippen LogP contribution is -1.99. The molecule has 0 aliphatic rings. The molecule has 2 nitrogen and oxygen atoms in total. The van der Waals surface area contributed by atoms with Crippen molar-refractivity contribution in [2.24, 2.45) is 0 Å². The van der Waals surface area contributed by atoms with E-state index in [0.29, 0.717) is 15.6 Å². The van der Waals surface area contributed by atoms with Crippen molar-refractivity contribution in [3.63, 3.8) is 0 Å². The maximum absolute atomic E-state index is 10.6. The molecular weight excluding hydrogens is 271 g/mol. The number of aliphatic carboxylic acids is 1. The van der Waals surface area contributed by atoms with Gasteiger partial charge in [0.2, 0.25) is 0 Å². The minimum Gasteiger partial charge on any atom is -0.481 e. The number of carboxylic acid groups (broad SMARTS) is 1. The van der Waals surface area contributed by atoms with Crippen molar-refractivity contribution >= 4 is 29.2 Å². The summed E-state index contributed by atoms with van der Waals surface area (Å²) in [5.74, 6) is -0.870. The van der Waals surface area contributed by atoms with Crippen LogP contribution in [-0.4, -0.2) is 11.1 Å². The first kappa shape index (κ1) is 12.9. The minimum atomic E-state index is -0.870. The monoisotopic (exact) mass is 280 g/mol. The Hall–Kier alpha value is -1.51. The molecule has 0 aromatic heterocycles. The Morgan fingerprint density at radius 2 is 1.72 bits per heavy atom. The smallest absolute Gasteiger partial charge is 0.307 e. The molecule has 2 rings (SSSR count). The highest BCUT2D eigenvalue weighted by Crippen LogP contribution is 2.29. The Kier molecular flexibility index (Phi) is 3.90. The number of hydrogen-bond donors (Lipinski definition) is 1. The number of benzene rings is 2. The summed E-state index contributed by atoms with van der Waals surface area (Å²) in [6.45, 7) is 0. The van der Waals surface area contributed by atoms with Crippen molar-refractivity contribution in [2.45, 2.75) is 6.42 Å². The zero-order valence-corrected chi connectivity index (χ0v) is 10.9. The standard InChI is InChI=1S/C14H10Cl2O2/c15-11-4-2-10(3-5-11)12-6-1-9(7-13(12)16)8-14(17)18/h1-7H,8H2,(H,17,18). The van der Waals surface area contributed by atoms with Crippen molar-refractivity contribution in [1.29, 1.82) is 0 Å². The van der Waals surface area contributed by atoms with Crippen LogP contribution < -0.4 is 0 Å². The van der Waals surface area contributed by atoms with Gasteiger partial charge in [-0.3, -0.25) is 4.79 Å². The van der Waals surface area contributed by atoms with Gasteiger partial charge in [-0.15, -0.1) is 0 Å². The fraction of sp³-hybridized carbons (Fsp3) is 0.0714. The van der Waals surface area contributed by atoms with Crippen LogP contribution in [0.25, 0.3) is 11.1 Å². The van der Waals surface area contributed by atoms with E-state index in [0.717, 1.165) is 11.1 Å². The Labute approximate surface area is 115 Å². The van der Waals surface area contributed by atoms with Crippen LogP contribution in [0.1, 0.15) is 5.56 Å². The van der Waals surface area contributed by atoms with E-state index in [1.807, 2.05) is 18.2 Å². The summed E-state index contributed by atoms with van der Waals surface area (Å²) in [5, 5.41) is 9.92. The molecular formula is C14H10Cl2O2. The Morgan fingerprint density at radius 1 is 1.06 bits per heavy atom. The summed E-state index contributed by atoms with van der Waals surface area (Å²) >= 11 is 12.0. The quantitative estimate of drug-likeness (QED) is 0.911. The summed E-state index contributed by atoms with van der Waals surface area (Å²) in [7, 11) is 0. The lowest BCUT2D eigenvalue weighted by atomic mass is 10.0. The zero-order valence-electron chi connectivity index (χ0n) is 9.36. The summed E-state index contributed by atoms with van der Waals surface area (Å²) < 4.78 is 0. The van der Waals surface area contributed by atoms with Crippen molar-refractivity contribution in [1.82, 2.24) is 0 Å². The van der Waals surface area contributed by atoms with E-state index < -0.39 is 5.97 Å². The third-order valence-electron chi connectivity index (χ3n) is 2.54. The van der Waals surface area contributed by atoms with Gasteiger partial charge < -0.3 is 5.11 Å². The predicted octanol–water partition coefficient (Wildman–Crippen LogP) is 4.29. The van der Waals surface area contributed by atoms with Crippen LogP contribution in [0.4, 0.5) is 0 Å². The van der Waals surface area contributed by atoms with Crippen molar-refractivity contribution in [3.8, 4) is 11.1 Å². The third-order valence-corrected chi connectivity index (χ3v) is 3.11. The van der Waals surface area contributed by atoms with Gasteiger partial charge in [0, 0.05) is 15.6 Å². The molecule has 18 heavy (non-hydrogen) atoms. The van der Waals surface area contributed by atoms with Gasteiger partial charge in [-0.05, 0) is 29.3 Å². The zero-order chi connectivity index (χ0) is 13.1. The lowest BCUT2D eigenvalue weighted by Gasteiger charge is -2.06. The number of carbonyl (C=O) groups is 1. The van der Waals surface area contributed by atoms with Crippen LogP contribution in [0.5, 0.6) is 0 Å². The fourth-order valence-corrected chi connectivity index (χ4v) is 2.14. The van der Waals surface area contributed by atoms with Crippen LogP contribution in [0.3, 0.4) is 0 Å². The normalized spacial score (nSPS) is 10.3.